The second-order valence-electron chi connectivity index (χ2n) is 3.57. The summed E-state index contributed by atoms with van der Waals surface area (Å²) in [7, 11) is 1.97. The van der Waals surface area contributed by atoms with Crippen LogP contribution in [0.15, 0.2) is 29.3 Å². The van der Waals surface area contributed by atoms with E-state index >= 15 is 0 Å². The molecule has 1 aromatic heterocycles. The van der Waals surface area contributed by atoms with Crippen molar-refractivity contribution < 1.29 is 0 Å². The number of halogens is 1. The van der Waals surface area contributed by atoms with Gasteiger partial charge in [0.1, 0.15) is 0 Å². The number of hydrogen-bond donors (Lipinski definition) is 0. The summed E-state index contributed by atoms with van der Waals surface area (Å²) >= 11 is 7.87. The van der Waals surface area contributed by atoms with Gasteiger partial charge in [0.2, 0.25) is 0 Å². The normalized spacial score (nSPS) is 13.5. The summed E-state index contributed by atoms with van der Waals surface area (Å²) in [6, 6.07) is 6.04. The fourth-order valence-corrected chi connectivity index (χ4v) is 3.07. The van der Waals surface area contributed by atoms with Crippen LogP contribution >= 0.6 is 23.4 Å². The van der Waals surface area contributed by atoms with Crippen molar-refractivity contribution in [2.24, 2.45) is 7.05 Å². The molecule has 0 radical (unpaired) electrons. The maximum atomic E-state index is 6.02. The number of hydrogen-bond acceptors (Lipinski definition) is 2. The molecule has 0 unspecified atom stereocenters. The van der Waals surface area contributed by atoms with E-state index in [1.54, 1.807) is 0 Å². The van der Waals surface area contributed by atoms with Crippen molar-refractivity contribution in [2.75, 3.05) is 0 Å². The molecular formula is C11H9ClN2S. The Morgan fingerprint density at radius 1 is 1.47 bits per heavy atom. The van der Waals surface area contributed by atoms with Gasteiger partial charge in [-0.25, -0.2) is 0 Å². The summed E-state index contributed by atoms with van der Waals surface area (Å²) in [6.45, 7) is 0. The van der Waals surface area contributed by atoms with E-state index in [1.165, 1.54) is 21.7 Å². The number of rotatable bonds is 0. The predicted molar refractivity (Wildman–Crippen MR) is 63.2 cm³/mol. The second kappa shape index (κ2) is 3.29. The van der Waals surface area contributed by atoms with Gasteiger partial charge < -0.3 is 0 Å². The Kier molecular flexibility index (Phi) is 2.04. The van der Waals surface area contributed by atoms with Gasteiger partial charge in [-0.15, -0.1) is 11.8 Å². The quantitative estimate of drug-likeness (QED) is 0.698. The average molecular weight is 237 g/mol. The molecule has 2 nitrogen and oxygen atoms in total. The molecule has 2 aromatic rings. The highest BCUT2D eigenvalue weighted by Crippen LogP contribution is 2.41. The van der Waals surface area contributed by atoms with Gasteiger partial charge in [0.25, 0.3) is 0 Å². The Labute approximate surface area is 97.2 Å². The highest BCUT2D eigenvalue weighted by Gasteiger charge is 2.20. The molecule has 4 heteroatoms. The molecule has 0 saturated carbocycles. The Bertz CT molecular complexity index is 533. The summed E-state index contributed by atoms with van der Waals surface area (Å²) in [6.07, 6.45) is 1.94. The molecule has 0 bridgehead atoms. The van der Waals surface area contributed by atoms with Crippen molar-refractivity contribution in [2.45, 2.75) is 10.6 Å². The molecule has 1 aliphatic rings. The Hall–Kier alpha value is -0.930. The van der Waals surface area contributed by atoms with E-state index in [9.17, 15) is 0 Å². The lowest BCUT2D eigenvalue weighted by Crippen LogP contribution is -2.00. The fourth-order valence-electron chi connectivity index (χ4n) is 1.90. The standard InChI is InChI=1S/C11H9ClN2S/c1-14-11-7(5-13-14)6-15-10-3-2-8(12)4-9(10)11/h2-5H,6H2,1H3. The van der Waals surface area contributed by atoms with Gasteiger partial charge >= 0.3 is 0 Å². The van der Waals surface area contributed by atoms with Crippen molar-refractivity contribution in [3.05, 3.63) is 35.0 Å². The SMILES string of the molecule is Cn1ncc2c1-c1cc(Cl)ccc1SC2. The lowest BCUT2D eigenvalue weighted by molar-refractivity contribution is 0.774. The molecule has 0 saturated heterocycles. The van der Waals surface area contributed by atoms with Crippen LogP contribution < -0.4 is 0 Å². The molecule has 3 rings (SSSR count). The molecule has 0 spiro atoms. The number of benzene rings is 1. The van der Waals surface area contributed by atoms with E-state index in [4.69, 9.17) is 11.6 Å². The summed E-state index contributed by atoms with van der Waals surface area (Å²) in [4.78, 5) is 1.29. The van der Waals surface area contributed by atoms with Gasteiger partial charge in [-0.05, 0) is 18.2 Å². The molecule has 0 aliphatic carbocycles. The van der Waals surface area contributed by atoms with E-state index < -0.39 is 0 Å². The lowest BCUT2D eigenvalue weighted by Gasteiger charge is -2.16. The van der Waals surface area contributed by atoms with Crippen LogP contribution in [-0.4, -0.2) is 9.78 Å². The van der Waals surface area contributed by atoms with Crippen LogP contribution in [0.2, 0.25) is 5.02 Å². The number of nitrogens with zero attached hydrogens (tertiary/aromatic N) is 2. The fraction of sp³-hybridized carbons (Fsp3) is 0.182. The predicted octanol–water partition coefficient (Wildman–Crippen LogP) is 3.35. The molecule has 1 aromatic carbocycles. The molecule has 1 aliphatic heterocycles. The van der Waals surface area contributed by atoms with Crippen molar-refractivity contribution in [3.63, 3.8) is 0 Å². The average Bonchev–Trinajstić information content (AvgIpc) is 2.60. The highest BCUT2D eigenvalue weighted by atomic mass is 35.5. The Morgan fingerprint density at radius 2 is 2.33 bits per heavy atom. The molecule has 0 amide bonds. The van der Waals surface area contributed by atoms with Crippen molar-refractivity contribution >= 4 is 23.4 Å². The minimum absolute atomic E-state index is 0.781. The van der Waals surface area contributed by atoms with Gasteiger partial charge in [-0.3, -0.25) is 4.68 Å². The maximum absolute atomic E-state index is 6.02. The summed E-state index contributed by atoms with van der Waals surface area (Å²) in [5.41, 5.74) is 3.69. The molecule has 2 heterocycles. The van der Waals surface area contributed by atoms with Crippen LogP contribution in [0.3, 0.4) is 0 Å². The zero-order valence-corrected chi connectivity index (χ0v) is 9.77. The lowest BCUT2D eigenvalue weighted by atomic mass is 10.1. The smallest absolute Gasteiger partial charge is 0.0731 e. The van der Waals surface area contributed by atoms with Gasteiger partial charge in [0, 0.05) is 33.8 Å². The third-order valence-corrected chi connectivity index (χ3v) is 3.95. The van der Waals surface area contributed by atoms with Crippen molar-refractivity contribution in [1.82, 2.24) is 9.78 Å². The third kappa shape index (κ3) is 1.38. The van der Waals surface area contributed by atoms with Crippen molar-refractivity contribution in [1.29, 1.82) is 0 Å². The third-order valence-electron chi connectivity index (χ3n) is 2.59. The van der Waals surface area contributed by atoms with Gasteiger partial charge in [0.15, 0.2) is 0 Å². The first-order valence-corrected chi connectivity index (χ1v) is 6.05. The van der Waals surface area contributed by atoms with E-state index in [2.05, 4.69) is 11.2 Å². The van der Waals surface area contributed by atoms with Crippen LogP contribution in [-0.2, 0) is 12.8 Å². The summed E-state index contributed by atoms with van der Waals surface area (Å²) < 4.78 is 1.92. The second-order valence-corrected chi connectivity index (χ2v) is 5.02. The monoisotopic (exact) mass is 236 g/mol. The Balaban J connectivity index is 2.31. The first-order valence-electron chi connectivity index (χ1n) is 4.69. The van der Waals surface area contributed by atoms with Gasteiger partial charge in [-0.1, -0.05) is 11.6 Å². The zero-order chi connectivity index (χ0) is 10.4. The molecular weight excluding hydrogens is 228 g/mol. The minimum Gasteiger partial charge on any atom is -0.268 e. The molecule has 0 atom stereocenters. The summed E-state index contributed by atoms with van der Waals surface area (Å²) in [5.74, 6) is 0.998. The topological polar surface area (TPSA) is 17.8 Å². The number of aromatic nitrogens is 2. The highest BCUT2D eigenvalue weighted by molar-refractivity contribution is 7.98. The van der Waals surface area contributed by atoms with Crippen molar-refractivity contribution in [3.8, 4) is 11.3 Å². The molecule has 0 N–H and O–H groups in total. The van der Waals surface area contributed by atoms with E-state index in [1.807, 2.05) is 41.8 Å². The first-order chi connectivity index (χ1) is 7.25. The number of fused-ring (bicyclic) bond motifs is 3. The number of thioether (sulfide) groups is 1. The zero-order valence-electron chi connectivity index (χ0n) is 8.20. The van der Waals surface area contributed by atoms with E-state index in [-0.39, 0.29) is 0 Å². The van der Waals surface area contributed by atoms with E-state index in [0.29, 0.717) is 0 Å². The van der Waals surface area contributed by atoms with Gasteiger partial charge in [-0.2, -0.15) is 5.10 Å². The minimum atomic E-state index is 0.781. The first kappa shape index (κ1) is 9.31. The van der Waals surface area contributed by atoms with Crippen LogP contribution in [0, 0.1) is 0 Å². The Morgan fingerprint density at radius 3 is 3.20 bits per heavy atom. The van der Waals surface area contributed by atoms with Crippen LogP contribution in [0.25, 0.3) is 11.3 Å². The molecule has 0 fully saturated rings. The molecule has 15 heavy (non-hydrogen) atoms. The van der Waals surface area contributed by atoms with Crippen LogP contribution in [0.1, 0.15) is 5.56 Å². The maximum Gasteiger partial charge on any atom is 0.0731 e. The molecule has 76 valence electrons. The van der Waals surface area contributed by atoms with Crippen LogP contribution in [0.5, 0.6) is 0 Å². The van der Waals surface area contributed by atoms with Crippen LogP contribution in [0.4, 0.5) is 0 Å². The van der Waals surface area contributed by atoms with E-state index in [0.717, 1.165) is 10.8 Å². The number of aryl methyl sites for hydroxylation is 1. The summed E-state index contributed by atoms with van der Waals surface area (Å²) in [5, 5.41) is 5.07. The largest absolute Gasteiger partial charge is 0.268 e. The van der Waals surface area contributed by atoms with Gasteiger partial charge in [0.05, 0.1) is 11.9 Å².